The molecule has 1 aromatic rings. The van der Waals surface area contributed by atoms with E-state index in [9.17, 15) is 9.59 Å². The molecule has 0 spiro atoms. The Balaban J connectivity index is 2.89. The van der Waals surface area contributed by atoms with Gasteiger partial charge in [0.15, 0.2) is 0 Å². The first-order chi connectivity index (χ1) is 7.97. The van der Waals surface area contributed by atoms with Gasteiger partial charge in [0.25, 0.3) is 5.91 Å². The Hall–Kier alpha value is -1.07. The molecule has 0 aliphatic heterocycles. The lowest BCUT2D eigenvalue weighted by atomic mass is 10.3. The zero-order valence-corrected chi connectivity index (χ0v) is 11.5. The molecule has 0 saturated heterocycles. The average molecular weight is 276 g/mol. The van der Waals surface area contributed by atoms with Crippen molar-refractivity contribution < 1.29 is 14.3 Å². The zero-order valence-electron chi connectivity index (χ0n) is 9.90. The van der Waals surface area contributed by atoms with Crippen LogP contribution in [0.2, 0.25) is 5.02 Å². The van der Waals surface area contributed by atoms with E-state index >= 15 is 0 Å². The van der Waals surface area contributed by atoms with Crippen LogP contribution >= 0.6 is 22.9 Å². The second-order valence-electron chi connectivity index (χ2n) is 3.70. The van der Waals surface area contributed by atoms with Gasteiger partial charge in [-0.1, -0.05) is 11.6 Å². The Kier molecular flexibility index (Phi) is 4.96. The molecule has 4 nitrogen and oxygen atoms in total. The number of carbonyl (C=O) groups excluding carboxylic acids is 2. The fraction of sp³-hybridized carbons (Fsp3) is 0.455. The van der Waals surface area contributed by atoms with Crippen molar-refractivity contribution in [3.05, 3.63) is 21.3 Å². The largest absolute Gasteiger partial charge is 0.468 e. The molecule has 1 rings (SSSR count). The first kappa shape index (κ1) is 14.0. The van der Waals surface area contributed by atoms with Gasteiger partial charge in [0.2, 0.25) is 0 Å². The standard InChI is InChI=1S/C11H14ClNO3S/c1-7(2)13(6-9(14)16-3)11(15)10-8(12)4-5-17-10/h4-5,7H,6H2,1-3H3. The second-order valence-corrected chi connectivity index (χ2v) is 5.02. The van der Waals surface area contributed by atoms with Crippen molar-refractivity contribution in [3.63, 3.8) is 0 Å². The van der Waals surface area contributed by atoms with Gasteiger partial charge in [-0.3, -0.25) is 9.59 Å². The molecule has 0 saturated carbocycles. The summed E-state index contributed by atoms with van der Waals surface area (Å²) in [5, 5.41) is 2.15. The van der Waals surface area contributed by atoms with Crippen molar-refractivity contribution >= 4 is 34.8 Å². The van der Waals surface area contributed by atoms with E-state index in [2.05, 4.69) is 4.74 Å². The number of thiophene rings is 1. The van der Waals surface area contributed by atoms with E-state index < -0.39 is 5.97 Å². The van der Waals surface area contributed by atoms with Crippen molar-refractivity contribution in [1.29, 1.82) is 0 Å². The monoisotopic (exact) mass is 275 g/mol. The molecule has 0 aliphatic carbocycles. The molecule has 1 heterocycles. The Bertz CT molecular complexity index is 417. The minimum Gasteiger partial charge on any atom is -0.468 e. The van der Waals surface area contributed by atoms with Crippen LogP contribution in [0.5, 0.6) is 0 Å². The number of hydrogen-bond acceptors (Lipinski definition) is 4. The van der Waals surface area contributed by atoms with E-state index in [0.29, 0.717) is 9.90 Å². The van der Waals surface area contributed by atoms with Crippen LogP contribution in [0, 0.1) is 0 Å². The maximum absolute atomic E-state index is 12.2. The highest BCUT2D eigenvalue weighted by Crippen LogP contribution is 2.24. The van der Waals surface area contributed by atoms with Gasteiger partial charge < -0.3 is 9.64 Å². The molecule has 0 radical (unpaired) electrons. The summed E-state index contributed by atoms with van der Waals surface area (Å²) in [6.45, 7) is 3.60. The molecule has 6 heteroatoms. The van der Waals surface area contributed by atoms with E-state index in [1.54, 1.807) is 11.4 Å². The molecule has 0 aliphatic rings. The topological polar surface area (TPSA) is 46.6 Å². The summed E-state index contributed by atoms with van der Waals surface area (Å²) in [6, 6.07) is 1.57. The lowest BCUT2D eigenvalue weighted by Crippen LogP contribution is -2.40. The Morgan fingerprint density at radius 1 is 1.53 bits per heavy atom. The number of rotatable bonds is 4. The van der Waals surface area contributed by atoms with Crippen molar-refractivity contribution in [3.8, 4) is 0 Å². The van der Waals surface area contributed by atoms with Crippen LogP contribution in [0.25, 0.3) is 0 Å². The third-order valence-corrected chi connectivity index (χ3v) is 3.55. The summed E-state index contributed by atoms with van der Waals surface area (Å²) in [5.41, 5.74) is 0. The maximum Gasteiger partial charge on any atom is 0.325 e. The molecular formula is C11H14ClNO3S. The van der Waals surface area contributed by atoms with Crippen LogP contribution in [-0.4, -0.2) is 36.5 Å². The van der Waals surface area contributed by atoms with Crippen LogP contribution in [0.4, 0.5) is 0 Å². The third-order valence-electron chi connectivity index (χ3n) is 2.22. The average Bonchev–Trinajstić information content (AvgIpc) is 2.70. The third kappa shape index (κ3) is 3.44. The number of esters is 1. The Labute approximate surface area is 109 Å². The van der Waals surface area contributed by atoms with E-state index in [1.165, 1.54) is 23.3 Å². The molecular weight excluding hydrogens is 262 g/mol. The summed E-state index contributed by atoms with van der Waals surface area (Å²) < 4.78 is 4.57. The number of nitrogens with zero attached hydrogens (tertiary/aromatic N) is 1. The van der Waals surface area contributed by atoms with E-state index in [0.717, 1.165) is 0 Å². The van der Waals surface area contributed by atoms with Crippen LogP contribution in [0.15, 0.2) is 11.4 Å². The van der Waals surface area contributed by atoms with Gasteiger partial charge in [-0.15, -0.1) is 11.3 Å². The Morgan fingerprint density at radius 2 is 2.18 bits per heavy atom. The van der Waals surface area contributed by atoms with Gasteiger partial charge in [-0.25, -0.2) is 0 Å². The van der Waals surface area contributed by atoms with E-state index in [4.69, 9.17) is 11.6 Å². The number of hydrogen-bond donors (Lipinski definition) is 0. The molecule has 0 aromatic carbocycles. The van der Waals surface area contributed by atoms with E-state index in [-0.39, 0.29) is 18.5 Å². The van der Waals surface area contributed by atoms with E-state index in [1.807, 2.05) is 13.8 Å². The lowest BCUT2D eigenvalue weighted by molar-refractivity contribution is -0.141. The normalized spacial score (nSPS) is 10.4. The molecule has 0 bridgehead atoms. The molecule has 17 heavy (non-hydrogen) atoms. The predicted octanol–water partition coefficient (Wildman–Crippen LogP) is 2.43. The second kappa shape index (κ2) is 6.02. The number of methoxy groups -OCH3 is 1. The maximum atomic E-state index is 12.2. The number of carbonyl (C=O) groups is 2. The van der Waals surface area contributed by atoms with Crippen LogP contribution in [0.1, 0.15) is 23.5 Å². The summed E-state index contributed by atoms with van der Waals surface area (Å²) >= 11 is 7.16. The molecule has 1 aromatic heterocycles. The van der Waals surface area contributed by atoms with Crippen molar-refractivity contribution in [2.24, 2.45) is 0 Å². The molecule has 94 valence electrons. The zero-order chi connectivity index (χ0) is 13.0. The van der Waals surface area contributed by atoms with Crippen molar-refractivity contribution in [2.75, 3.05) is 13.7 Å². The lowest BCUT2D eigenvalue weighted by Gasteiger charge is -2.25. The minimum atomic E-state index is -0.445. The van der Waals surface area contributed by atoms with Gasteiger partial charge in [-0.05, 0) is 25.3 Å². The number of ether oxygens (including phenoxy) is 1. The van der Waals surface area contributed by atoms with Gasteiger partial charge >= 0.3 is 5.97 Å². The number of halogens is 1. The fourth-order valence-corrected chi connectivity index (χ4v) is 2.36. The summed E-state index contributed by atoms with van der Waals surface area (Å²) in [7, 11) is 1.30. The van der Waals surface area contributed by atoms with Crippen LogP contribution < -0.4 is 0 Å². The van der Waals surface area contributed by atoms with Crippen molar-refractivity contribution in [2.45, 2.75) is 19.9 Å². The summed E-state index contributed by atoms with van der Waals surface area (Å²) in [6.07, 6.45) is 0. The van der Waals surface area contributed by atoms with Crippen molar-refractivity contribution in [1.82, 2.24) is 4.90 Å². The SMILES string of the molecule is COC(=O)CN(C(=O)c1sccc1Cl)C(C)C. The summed E-state index contributed by atoms with van der Waals surface area (Å²) in [5.74, 6) is -0.690. The first-order valence-corrected chi connectivity index (χ1v) is 6.34. The quantitative estimate of drug-likeness (QED) is 0.793. The fourth-order valence-electron chi connectivity index (χ4n) is 1.27. The predicted molar refractivity (Wildman–Crippen MR) is 67.5 cm³/mol. The minimum absolute atomic E-state index is 0.0682. The van der Waals surface area contributed by atoms with Gasteiger partial charge in [-0.2, -0.15) is 0 Å². The smallest absolute Gasteiger partial charge is 0.325 e. The number of amides is 1. The van der Waals surface area contributed by atoms with Gasteiger partial charge in [0.1, 0.15) is 11.4 Å². The van der Waals surface area contributed by atoms with Gasteiger partial charge in [0, 0.05) is 6.04 Å². The van der Waals surface area contributed by atoms with Crippen LogP contribution in [0.3, 0.4) is 0 Å². The summed E-state index contributed by atoms with van der Waals surface area (Å²) in [4.78, 5) is 25.3. The molecule has 1 amide bonds. The first-order valence-electron chi connectivity index (χ1n) is 5.08. The highest BCUT2D eigenvalue weighted by atomic mass is 35.5. The molecule has 0 unspecified atom stereocenters. The molecule has 0 N–H and O–H groups in total. The Morgan fingerprint density at radius 3 is 2.59 bits per heavy atom. The molecule has 0 atom stereocenters. The molecule has 0 fully saturated rings. The highest BCUT2D eigenvalue weighted by molar-refractivity contribution is 7.12. The van der Waals surface area contributed by atoms with Crippen LogP contribution in [-0.2, 0) is 9.53 Å². The highest BCUT2D eigenvalue weighted by Gasteiger charge is 2.24. The van der Waals surface area contributed by atoms with Gasteiger partial charge in [0.05, 0.1) is 12.1 Å².